The monoisotopic (exact) mass is 323 g/mol. The number of nitrogens with one attached hydrogen (secondary N) is 1. The van der Waals surface area contributed by atoms with Crippen LogP contribution >= 0.6 is 11.6 Å². The van der Waals surface area contributed by atoms with E-state index in [0.29, 0.717) is 21.7 Å². The Labute approximate surface area is 131 Å². The fourth-order valence-electron chi connectivity index (χ4n) is 2.49. The van der Waals surface area contributed by atoms with E-state index in [9.17, 15) is 19.5 Å². The highest BCUT2D eigenvalue weighted by atomic mass is 35.5. The number of carbonyl (C=O) groups is 3. The summed E-state index contributed by atoms with van der Waals surface area (Å²) < 4.78 is 0. The minimum atomic E-state index is -1.25. The van der Waals surface area contributed by atoms with Crippen LogP contribution in [0.15, 0.2) is 17.7 Å². The standard InChI is InChI=1S/C15H14ClNO5/c1-6-3-4-8(16)11-7(2)13(20)12(14(21)10(6)11)15(22)17-5-9(18)19/h3-4,7,21H,5H2,1-2H3,(H,17,22)(H,18,19). The number of ketones is 1. The number of hydrogen-bond donors (Lipinski definition) is 3. The zero-order valence-corrected chi connectivity index (χ0v) is 12.7. The molecule has 1 aromatic rings. The van der Waals surface area contributed by atoms with Gasteiger partial charge >= 0.3 is 5.97 Å². The summed E-state index contributed by atoms with van der Waals surface area (Å²) in [6.07, 6.45) is 0. The third kappa shape index (κ3) is 2.57. The number of Topliss-reactive ketones (excluding diaryl/α,β-unsaturated/α-hetero) is 1. The number of fused-ring (bicyclic) bond motifs is 1. The van der Waals surface area contributed by atoms with Gasteiger partial charge in [0, 0.05) is 16.5 Å². The second kappa shape index (κ2) is 5.81. The Kier molecular flexibility index (Phi) is 4.23. The van der Waals surface area contributed by atoms with Gasteiger partial charge in [-0.1, -0.05) is 24.6 Å². The smallest absolute Gasteiger partial charge is 0.322 e. The van der Waals surface area contributed by atoms with E-state index in [2.05, 4.69) is 5.32 Å². The highest BCUT2D eigenvalue weighted by Gasteiger charge is 2.37. The molecule has 2 rings (SSSR count). The summed E-state index contributed by atoms with van der Waals surface area (Å²) in [7, 11) is 0. The Morgan fingerprint density at radius 2 is 2.00 bits per heavy atom. The number of aliphatic carboxylic acids is 1. The highest BCUT2D eigenvalue weighted by Crippen LogP contribution is 2.40. The number of carboxylic acid groups (broad SMARTS) is 1. The number of aryl methyl sites for hydroxylation is 1. The quantitative estimate of drug-likeness (QED) is 0.736. The van der Waals surface area contributed by atoms with E-state index in [1.165, 1.54) is 0 Å². The van der Waals surface area contributed by atoms with E-state index in [0.717, 1.165) is 0 Å². The van der Waals surface area contributed by atoms with Crippen molar-refractivity contribution in [2.24, 2.45) is 0 Å². The number of carboxylic acids is 1. The summed E-state index contributed by atoms with van der Waals surface area (Å²) in [5, 5.41) is 21.3. The van der Waals surface area contributed by atoms with Crippen LogP contribution in [0.2, 0.25) is 5.02 Å². The molecule has 0 fully saturated rings. The van der Waals surface area contributed by atoms with Crippen LogP contribution in [0.25, 0.3) is 5.76 Å². The molecule has 6 nitrogen and oxygen atoms in total. The number of benzene rings is 1. The van der Waals surface area contributed by atoms with Crippen LogP contribution in [-0.4, -0.2) is 34.4 Å². The lowest BCUT2D eigenvalue weighted by Crippen LogP contribution is -2.36. The molecule has 22 heavy (non-hydrogen) atoms. The van der Waals surface area contributed by atoms with Crippen LogP contribution in [0.3, 0.4) is 0 Å². The molecule has 1 atom stereocenters. The van der Waals surface area contributed by atoms with Gasteiger partial charge in [0.25, 0.3) is 5.91 Å². The van der Waals surface area contributed by atoms with E-state index in [1.54, 1.807) is 26.0 Å². The molecule has 0 bridgehead atoms. The molecule has 0 aromatic heterocycles. The van der Waals surface area contributed by atoms with Gasteiger partial charge in [-0.2, -0.15) is 0 Å². The van der Waals surface area contributed by atoms with Crippen LogP contribution < -0.4 is 5.32 Å². The number of carbonyl (C=O) groups excluding carboxylic acids is 2. The normalized spacial score (nSPS) is 17.2. The largest absolute Gasteiger partial charge is 0.506 e. The third-order valence-corrected chi connectivity index (χ3v) is 3.90. The summed E-state index contributed by atoms with van der Waals surface area (Å²) in [4.78, 5) is 34.9. The predicted octanol–water partition coefficient (Wildman–Crippen LogP) is 1.80. The maximum absolute atomic E-state index is 12.4. The topological polar surface area (TPSA) is 104 Å². The van der Waals surface area contributed by atoms with Gasteiger partial charge in [0.1, 0.15) is 17.9 Å². The van der Waals surface area contributed by atoms with E-state index >= 15 is 0 Å². The lowest BCUT2D eigenvalue weighted by molar-refractivity contribution is -0.137. The molecule has 3 N–H and O–H groups in total. The van der Waals surface area contributed by atoms with E-state index in [1.807, 2.05) is 0 Å². The molecular weight excluding hydrogens is 310 g/mol. The van der Waals surface area contributed by atoms with Gasteiger partial charge < -0.3 is 15.5 Å². The van der Waals surface area contributed by atoms with E-state index in [4.69, 9.17) is 16.7 Å². The molecule has 1 unspecified atom stereocenters. The first-order valence-corrected chi connectivity index (χ1v) is 6.90. The number of hydrogen-bond acceptors (Lipinski definition) is 4. The average molecular weight is 324 g/mol. The first-order valence-electron chi connectivity index (χ1n) is 6.52. The lowest BCUT2D eigenvalue weighted by Gasteiger charge is -2.25. The van der Waals surface area contributed by atoms with Crippen LogP contribution in [0.5, 0.6) is 0 Å². The van der Waals surface area contributed by atoms with Crippen LogP contribution in [0.1, 0.15) is 29.5 Å². The van der Waals surface area contributed by atoms with Crippen molar-refractivity contribution in [1.82, 2.24) is 5.32 Å². The zero-order chi connectivity index (χ0) is 16.6. The summed E-state index contributed by atoms with van der Waals surface area (Å²) in [5.41, 5.74) is 1.05. The van der Waals surface area contributed by atoms with E-state index in [-0.39, 0.29) is 0 Å². The van der Waals surface area contributed by atoms with Gasteiger partial charge in [0.15, 0.2) is 5.78 Å². The third-order valence-electron chi connectivity index (χ3n) is 3.57. The molecule has 116 valence electrons. The first kappa shape index (κ1) is 16.0. The number of halogens is 1. The van der Waals surface area contributed by atoms with Crippen molar-refractivity contribution in [2.75, 3.05) is 6.54 Å². The summed E-state index contributed by atoms with van der Waals surface area (Å²) in [6.45, 7) is 2.67. The fraction of sp³-hybridized carbons (Fsp3) is 0.267. The van der Waals surface area contributed by atoms with Crippen LogP contribution in [0, 0.1) is 6.92 Å². The van der Waals surface area contributed by atoms with Crippen molar-refractivity contribution in [3.8, 4) is 0 Å². The Hall–Kier alpha value is -2.34. The maximum atomic E-state index is 12.4. The van der Waals surface area contributed by atoms with Crippen LogP contribution in [0.4, 0.5) is 0 Å². The molecular formula is C15H14ClNO5. The molecule has 0 aliphatic heterocycles. The van der Waals surface area contributed by atoms with Gasteiger partial charge in [0.2, 0.25) is 0 Å². The van der Waals surface area contributed by atoms with Gasteiger partial charge in [0.05, 0.1) is 0 Å². The lowest BCUT2D eigenvalue weighted by atomic mass is 9.80. The van der Waals surface area contributed by atoms with Gasteiger partial charge in [-0.3, -0.25) is 14.4 Å². The van der Waals surface area contributed by atoms with Gasteiger partial charge in [-0.05, 0) is 24.1 Å². The molecule has 0 heterocycles. The van der Waals surface area contributed by atoms with Gasteiger partial charge in [-0.15, -0.1) is 0 Å². The SMILES string of the molecule is Cc1ccc(Cl)c2c1C(O)=C(C(=O)NCC(=O)O)C(=O)C2C. The molecule has 0 radical (unpaired) electrons. The van der Waals surface area contributed by atoms with Crippen molar-refractivity contribution < 1.29 is 24.6 Å². The Morgan fingerprint density at radius 1 is 1.36 bits per heavy atom. The minimum Gasteiger partial charge on any atom is -0.506 e. The minimum absolute atomic E-state index is 0.331. The first-order chi connectivity index (χ1) is 10.3. The molecule has 1 aromatic carbocycles. The second-order valence-corrected chi connectivity index (χ2v) is 5.45. The van der Waals surface area contributed by atoms with Crippen molar-refractivity contribution in [1.29, 1.82) is 0 Å². The molecule has 0 saturated heterocycles. The molecule has 1 amide bonds. The van der Waals surface area contributed by atoms with Crippen LogP contribution in [-0.2, 0) is 14.4 Å². The summed E-state index contributed by atoms with van der Waals surface area (Å²) in [6, 6.07) is 3.30. The molecule has 7 heteroatoms. The van der Waals surface area contributed by atoms with Crippen molar-refractivity contribution in [2.45, 2.75) is 19.8 Å². The zero-order valence-electron chi connectivity index (χ0n) is 11.9. The van der Waals surface area contributed by atoms with Crippen molar-refractivity contribution >= 4 is 35.0 Å². The average Bonchev–Trinajstić information content (AvgIpc) is 2.45. The Balaban J connectivity index is 2.58. The Bertz CT molecular complexity index is 723. The fourth-order valence-corrected chi connectivity index (χ4v) is 2.81. The Morgan fingerprint density at radius 3 is 2.59 bits per heavy atom. The second-order valence-electron chi connectivity index (χ2n) is 5.04. The summed E-state index contributed by atoms with van der Waals surface area (Å²) in [5.74, 6) is -3.93. The van der Waals surface area contributed by atoms with Crippen molar-refractivity contribution in [3.63, 3.8) is 0 Å². The highest BCUT2D eigenvalue weighted by molar-refractivity contribution is 6.34. The number of rotatable bonds is 3. The molecule has 0 saturated carbocycles. The number of aliphatic hydroxyl groups is 1. The predicted molar refractivity (Wildman–Crippen MR) is 79.8 cm³/mol. The van der Waals surface area contributed by atoms with E-state index < -0.39 is 41.5 Å². The number of aliphatic hydroxyl groups excluding tert-OH is 1. The number of amides is 1. The van der Waals surface area contributed by atoms with Crippen molar-refractivity contribution in [3.05, 3.63) is 39.4 Å². The van der Waals surface area contributed by atoms with Gasteiger partial charge in [-0.25, -0.2) is 0 Å². The molecule has 0 spiro atoms. The molecule has 1 aliphatic carbocycles. The summed E-state index contributed by atoms with van der Waals surface area (Å²) >= 11 is 6.11. The maximum Gasteiger partial charge on any atom is 0.322 e. The molecule has 1 aliphatic rings.